The van der Waals surface area contributed by atoms with Crippen molar-refractivity contribution in [3.8, 4) is 0 Å². The van der Waals surface area contributed by atoms with Crippen LogP contribution in [0.3, 0.4) is 0 Å². The van der Waals surface area contributed by atoms with E-state index >= 15 is 0 Å². The van der Waals surface area contributed by atoms with Gasteiger partial charge in [-0.05, 0) is 32.6 Å². The second-order valence-corrected chi connectivity index (χ2v) is 3.75. The second-order valence-electron chi connectivity index (χ2n) is 3.75. The maximum atomic E-state index is 4.16. The third-order valence-electron chi connectivity index (χ3n) is 2.16. The van der Waals surface area contributed by atoms with E-state index in [4.69, 9.17) is 0 Å². The number of nitrogens with zero attached hydrogens (tertiary/aromatic N) is 4. The highest BCUT2D eigenvalue weighted by molar-refractivity contribution is 5.77. The summed E-state index contributed by atoms with van der Waals surface area (Å²) < 4.78 is 1.91. The molecule has 0 fully saturated rings. The molecule has 4 nitrogen and oxygen atoms in total. The van der Waals surface area contributed by atoms with Crippen molar-refractivity contribution >= 4 is 11.0 Å². The van der Waals surface area contributed by atoms with Crippen molar-refractivity contribution in [2.24, 2.45) is 0 Å². The maximum absolute atomic E-state index is 4.16. The Bertz CT molecular complexity index is 444. The molecule has 0 saturated carbocycles. The number of rotatable bonds is 2. The van der Waals surface area contributed by atoms with Crippen molar-refractivity contribution < 1.29 is 0 Å². The van der Waals surface area contributed by atoms with Gasteiger partial charge in [-0.25, -0.2) is 4.68 Å². The molecule has 14 heavy (non-hydrogen) atoms. The molecule has 0 unspecified atom stereocenters. The lowest BCUT2D eigenvalue weighted by atomic mass is 10.2. The van der Waals surface area contributed by atoms with Gasteiger partial charge in [0.25, 0.3) is 0 Å². The summed E-state index contributed by atoms with van der Waals surface area (Å²) in [5.74, 6) is 0. The fourth-order valence-electron chi connectivity index (χ4n) is 1.50. The number of benzene rings is 1. The molecule has 1 heterocycles. The largest absolute Gasteiger partial charge is 0.291 e. The molecule has 0 bridgehead atoms. The highest BCUT2D eigenvalue weighted by Crippen LogP contribution is 2.14. The lowest BCUT2D eigenvalue weighted by Gasteiger charge is -2.09. The monoisotopic (exact) mass is 190 g/mol. The molecule has 2 aromatic rings. The van der Waals surface area contributed by atoms with E-state index in [1.165, 1.54) is 5.56 Å². The summed E-state index contributed by atoms with van der Waals surface area (Å²) in [5, 5.41) is 8.28. The topological polar surface area (TPSA) is 34.0 Å². The van der Waals surface area contributed by atoms with Crippen LogP contribution in [0, 0.1) is 6.92 Å². The molecule has 1 aromatic carbocycles. The SMILES string of the molecule is Cc1cccc2c1nnn2CN(C)C. The summed E-state index contributed by atoms with van der Waals surface area (Å²) in [6.07, 6.45) is 0. The molecule has 0 N–H and O–H groups in total. The Morgan fingerprint density at radius 3 is 2.86 bits per heavy atom. The summed E-state index contributed by atoms with van der Waals surface area (Å²) in [6.45, 7) is 2.82. The normalized spacial score (nSPS) is 11.4. The summed E-state index contributed by atoms with van der Waals surface area (Å²) in [7, 11) is 4.03. The summed E-state index contributed by atoms with van der Waals surface area (Å²) in [4.78, 5) is 2.07. The highest BCUT2D eigenvalue weighted by atomic mass is 15.5. The van der Waals surface area contributed by atoms with E-state index in [1.54, 1.807) is 0 Å². The zero-order valence-electron chi connectivity index (χ0n) is 8.73. The quantitative estimate of drug-likeness (QED) is 0.715. The van der Waals surface area contributed by atoms with Crippen molar-refractivity contribution in [3.05, 3.63) is 23.8 Å². The van der Waals surface area contributed by atoms with Crippen LogP contribution in [0.2, 0.25) is 0 Å². The minimum absolute atomic E-state index is 0.764. The van der Waals surface area contributed by atoms with Crippen LogP contribution in [-0.4, -0.2) is 34.0 Å². The first kappa shape index (κ1) is 9.15. The van der Waals surface area contributed by atoms with Gasteiger partial charge in [-0.15, -0.1) is 5.10 Å². The Hall–Kier alpha value is -1.42. The third-order valence-corrected chi connectivity index (χ3v) is 2.16. The Morgan fingerprint density at radius 2 is 2.14 bits per heavy atom. The third kappa shape index (κ3) is 1.48. The molecule has 0 atom stereocenters. The maximum Gasteiger partial charge on any atom is 0.116 e. The predicted molar refractivity (Wildman–Crippen MR) is 56.0 cm³/mol. The molecule has 0 aliphatic heterocycles. The first-order valence-electron chi connectivity index (χ1n) is 4.62. The minimum Gasteiger partial charge on any atom is -0.291 e. The van der Waals surface area contributed by atoms with Crippen LogP contribution in [0.5, 0.6) is 0 Å². The molecule has 0 spiro atoms. The lowest BCUT2D eigenvalue weighted by Crippen LogP contribution is -2.17. The molecule has 4 heteroatoms. The molecule has 0 radical (unpaired) electrons. The average Bonchev–Trinajstić information content (AvgIpc) is 2.49. The first-order chi connectivity index (χ1) is 6.68. The van der Waals surface area contributed by atoms with E-state index in [1.807, 2.05) is 30.9 Å². The van der Waals surface area contributed by atoms with Crippen molar-refractivity contribution in [1.29, 1.82) is 0 Å². The molecule has 2 rings (SSSR count). The van der Waals surface area contributed by atoms with E-state index in [9.17, 15) is 0 Å². The Kier molecular flexibility index (Phi) is 2.21. The fraction of sp³-hybridized carbons (Fsp3) is 0.400. The zero-order chi connectivity index (χ0) is 10.1. The minimum atomic E-state index is 0.764. The zero-order valence-corrected chi connectivity index (χ0v) is 8.73. The van der Waals surface area contributed by atoms with E-state index in [0.717, 1.165) is 17.7 Å². The van der Waals surface area contributed by atoms with Gasteiger partial charge in [0.1, 0.15) is 5.52 Å². The number of hydrogen-bond donors (Lipinski definition) is 0. The summed E-state index contributed by atoms with van der Waals surface area (Å²) >= 11 is 0. The number of aryl methyl sites for hydroxylation is 1. The van der Waals surface area contributed by atoms with Gasteiger partial charge in [-0.3, -0.25) is 4.90 Å². The molecule has 1 aromatic heterocycles. The molecule has 74 valence electrons. The summed E-state index contributed by atoms with van der Waals surface area (Å²) in [5.41, 5.74) is 3.26. The van der Waals surface area contributed by atoms with E-state index in [2.05, 4.69) is 28.2 Å². The van der Waals surface area contributed by atoms with Gasteiger partial charge in [-0.1, -0.05) is 17.3 Å². The van der Waals surface area contributed by atoms with Gasteiger partial charge in [0.15, 0.2) is 0 Å². The second kappa shape index (κ2) is 3.38. The van der Waals surface area contributed by atoms with E-state index in [-0.39, 0.29) is 0 Å². The molecular formula is C10H14N4. The molecule has 0 aliphatic carbocycles. The van der Waals surface area contributed by atoms with Gasteiger partial charge >= 0.3 is 0 Å². The number of aromatic nitrogens is 3. The summed E-state index contributed by atoms with van der Waals surface area (Å²) in [6, 6.07) is 6.13. The van der Waals surface area contributed by atoms with E-state index in [0.29, 0.717) is 0 Å². The number of hydrogen-bond acceptors (Lipinski definition) is 3. The van der Waals surface area contributed by atoms with E-state index < -0.39 is 0 Å². The van der Waals surface area contributed by atoms with Crippen LogP contribution in [0.25, 0.3) is 11.0 Å². The first-order valence-corrected chi connectivity index (χ1v) is 4.62. The lowest BCUT2D eigenvalue weighted by molar-refractivity contribution is 0.309. The van der Waals surface area contributed by atoms with Gasteiger partial charge < -0.3 is 0 Å². The van der Waals surface area contributed by atoms with Crippen molar-refractivity contribution in [2.75, 3.05) is 14.1 Å². The predicted octanol–water partition coefficient (Wildman–Crippen LogP) is 1.26. The van der Waals surface area contributed by atoms with Crippen LogP contribution in [0.1, 0.15) is 5.56 Å². The average molecular weight is 190 g/mol. The molecule has 0 amide bonds. The number of fused-ring (bicyclic) bond motifs is 1. The van der Waals surface area contributed by atoms with Crippen molar-refractivity contribution in [2.45, 2.75) is 13.6 Å². The van der Waals surface area contributed by atoms with Gasteiger partial charge in [0.05, 0.1) is 12.2 Å². The van der Waals surface area contributed by atoms with Crippen LogP contribution in [0.4, 0.5) is 0 Å². The highest BCUT2D eigenvalue weighted by Gasteiger charge is 2.05. The van der Waals surface area contributed by atoms with Crippen LogP contribution < -0.4 is 0 Å². The van der Waals surface area contributed by atoms with Crippen LogP contribution >= 0.6 is 0 Å². The van der Waals surface area contributed by atoms with Gasteiger partial charge in [0.2, 0.25) is 0 Å². The van der Waals surface area contributed by atoms with Gasteiger partial charge in [0, 0.05) is 0 Å². The molecule has 0 aliphatic rings. The van der Waals surface area contributed by atoms with Gasteiger partial charge in [-0.2, -0.15) is 0 Å². The van der Waals surface area contributed by atoms with Crippen LogP contribution in [-0.2, 0) is 6.67 Å². The smallest absolute Gasteiger partial charge is 0.116 e. The standard InChI is InChI=1S/C10H14N4/c1-8-5-4-6-9-10(8)11-12-14(9)7-13(2)3/h4-6H,7H2,1-3H3. The molecular weight excluding hydrogens is 176 g/mol. The fourth-order valence-corrected chi connectivity index (χ4v) is 1.50. The van der Waals surface area contributed by atoms with Crippen LogP contribution in [0.15, 0.2) is 18.2 Å². The van der Waals surface area contributed by atoms with Crippen molar-refractivity contribution in [1.82, 2.24) is 19.9 Å². The molecule has 0 saturated heterocycles. The van der Waals surface area contributed by atoms with Crippen molar-refractivity contribution in [3.63, 3.8) is 0 Å². The Balaban J connectivity index is 2.52. The Morgan fingerprint density at radius 1 is 1.36 bits per heavy atom. The Labute approximate surface area is 83.1 Å².